The van der Waals surface area contributed by atoms with E-state index in [2.05, 4.69) is 29.8 Å². The number of hydrogen-bond acceptors (Lipinski definition) is 4. The summed E-state index contributed by atoms with van der Waals surface area (Å²) in [7, 11) is 1.54. The number of aryl methyl sites for hydroxylation is 2. The van der Waals surface area contributed by atoms with Gasteiger partial charge in [-0.15, -0.1) is 0 Å². The molecular weight excluding hydrogens is 368 g/mol. The van der Waals surface area contributed by atoms with Crippen molar-refractivity contribution in [1.29, 1.82) is 0 Å². The largest absolute Gasteiger partial charge is 0.495 e. The monoisotopic (exact) mass is 396 g/mol. The Kier molecular flexibility index (Phi) is 6.11. The zero-order valence-corrected chi connectivity index (χ0v) is 17.6. The van der Waals surface area contributed by atoms with Gasteiger partial charge >= 0.3 is 5.97 Å². The summed E-state index contributed by atoms with van der Waals surface area (Å²) < 4.78 is 12.8. The number of nitrogens with zero attached hydrogens (tertiary/aromatic N) is 1. The third-order valence-electron chi connectivity index (χ3n) is 5.11. The number of carbonyl (C=O) groups excluding carboxylic acids is 2. The molecule has 1 aromatic carbocycles. The van der Waals surface area contributed by atoms with E-state index in [4.69, 9.17) is 9.47 Å². The molecule has 29 heavy (non-hydrogen) atoms. The number of amides is 1. The summed E-state index contributed by atoms with van der Waals surface area (Å²) in [6.45, 7) is 7.60. The molecule has 0 radical (unpaired) electrons. The molecule has 0 aliphatic heterocycles. The van der Waals surface area contributed by atoms with E-state index in [0.29, 0.717) is 17.5 Å². The second kappa shape index (κ2) is 8.55. The van der Waals surface area contributed by atoms with Gasteiger partial charge in [0.05, 0.1) is 12.8 Å². The van der Waals surface area contributed by atoms with Gasteiger partial charge < -0.3 is 19.4 Å². The number of rotatable bonds is 7. The van der Waals surface area contributed by atoms with E-state index in [0.717, 1.165) is 16.8 Å². The molecule has 154 valence electrons. The van der Waals surface area contributed by atoms with Crippen molar-refractivity contribution < 1.29 is 19.1 Å². The lowest BCUT2D eigenvalue weighted by molar-refractivity contribution is -0.148. The molecule has 1 amide bonds. The van der Waals surface area contributed by atoms with Gasteiger partial charge in [0, 0.05) is 23.5 Å². The Balaban J connectivity index is 1.60. The van der Waals surface area contributed by atoms with Crippen molar-refractivity contribution in [1.82, 2.24) is 4.57 Å². The Morgan fingerprint density at radius 1 is 1.21 bits per heavy atom. The molecule has 6 heteroatoms. The van der Waals surface area contributed by atoms with Gasteiger partial charge in [0.15, 0.2) is 6.10 Å². The highest BCUT2D eigenvalue weighted by Gasteiger charge is 2.26. The van der Waals surface area contributed by atoms with Crippen molar-refractivity contribution in [3.05, 3.63) is 52.9 Å². The minimum absolute atomic E-state index is 0.414. The second-order valence-electron chi connectivity index (χ2n) is 7.53. The van der Waals surface area contributed by atoms with Crippen LogP contribution in [-0.4, -0.2) is 29.7 Å². The quantitative estimate of drug-likeness (QED) is 0.558. The number of hydrogen-bond donors (Lipinski definition) is 1. The van der Waals surface area contributed by atoms with Crippen LogP contribution in [0.5, 0.6) is 5.75 Å². The lowest BCUT2D eigenvalue weighted by Gasteiger charge is -2.15. The zero-order chi connectivity index (χ0) is 21.1. The number of anilines is 1. The zero-order valence-electron chi connectivity index (χ0n) is 17.6. The molecule has 1 aromatic heterocycles. The van der Waals surface area contributed by atoms with Crippen molar-refractivity contribution in [2.24, 2.45) is 0 Å². The van der Waals surface area contributed by atoms with E-state index < -0.39 is 18.0 Å². The van der Waals surface area contributed by atoms with Crippen molar-refractivity contribution in [2.75, 3.05) is 12.4 Å². The second-order valence-corrected chi connectivity index (χ2v) is 7.53. The molecule has 6 nitrogen and oxygen atoms in total. The number of aromatic nitrogens is 1. The van der Waals surface area contributed by atoms with Crippen LogP contribution in [-0.2, 0) is 14.3 Å². The molecule has 1 aliphatic carbocycles. The average Bonchev–Trinajstić information content (AvgIpc) is 3.45. The maximum Gasteiger partial charge on any atom is 0.331 e. The minimum Gasteiger partial charge on any atom is -0.495 e. The number of ether oxygens (including phenoxy) is 2. The topological polar surface area (TPSA) is 69.6 Å². The lowest BCUT2D eigenvalue weighted by Crippen LogP contribution is -2.29. The summed E-state index contributed by atoms with van der Waals surface area (Å²) in [4.78, 5) is 24.6. The molecular formula is C23H28N2O4. The van der Waals surface area contributed by atoms with Gasteiger partial charge in [0.25, 0.3) is 5.91 Å². The van der Waals surface area contributed by atoms with Crippen LogP contribution >= 0.6 is 0 Å². The van der Waals surface area contributed by atoms with Gasteiger partial charge in [-0.05, 0) is 75.9 Å². The van der Waals surface area contributed by atoms with Crippen molar-refractivity contribution in [3.63, 3.8) is 0 Å². The van der Waals surface area contributed by atoms with Gasteiger partial charge in [-0.3, -0.25) is 4.79 Å². The highest BCUT2D eigenvalue weighted by Crippen LogP contribution is 2.38. The predicted molar refractivity (Wildman–Crippen MR) is 113 cm³/mol. The highest BCUT2D eigenvalue weighted by atomic mass is 16.5. The van der Waals surface area contributed by atoms with Crippen LogP contribution in [0.25, 0.3) is 6.08 Å². The Bertz CT molecular complexity index is 954. The molecule has 0 spiro atoms. The number of benzene rings is 1. The molecule has 1 fully saturated rings. The molecule has 1 atom stereocenters. The molecule has 1 aliphatic rings. The summed E-state index contributed by atoms with van der Waals surface area (Å²) in [6.07, 6.45) is 4.60. The SMILES string of the molecule is COc1ccc(C)cc1NC(=O)[C@H](C)OC(=O)/C=C/c1cc(C)n(C2CC2)c1C. The molecule has 1 heterocycles. The third-order valence-corrected chi connectivity index (χ3v) is 5.11. The van der Waals surface area contributed by atoms with Crippen LogP contribution < -0.4 is 10.1 Å². The predicted octanol–water partition coefficient (Wildman–Crippen LogP) is 4.34. The first-order chi connectivity index (χ1) is 13.8. The fraction of sp³-hybridized carbons (Fsp3) is 0.391. The maximum absolute atomic E-state index is 12.4. The smallest absolute Gasteiger partial charge is 0.331 e. The van der Waals surface area contributed by atoms with Crippen LogP contribution in [0.2, 0.25) is 0 Å². The number of carbonyl (C=O) groups is 2. The van der Waals surface area contributed by atoms with Crippen LogP contribution in [0.3, 0.4) is 0 Å². The minimum atomic E-state index is -0.934. The Hall–Kier alpha value is -3.02. The first-order valence-corrected chi connectivity index (χ1v) is 9.82. The molecule has 0 bridgehead atoms. The normalized spacial score (nSPS) is 14.7. The Morgan fingerprint density at radius 3 is 2.59 bits per heavy atom. The molecule has 2 aromatic rings. The summed E-state index contributed by atoms with van der Waals surface area (Å²) in [6, 6.07) is 8.13. The summed E-state index contributed by atoms with van der Waals surface area (Å²) >= 11 is 0. The van der Waals surface area contributed by atoms with Crippen molar-refractivity contribution in [3.8, 4) is 5.75 Å². The highest BCUT2D eigenvalue weighted by molar-refractivity contribution is 5.97. The van der Waals surface area contributed by atoms with Gasteiger partial charge in [-0.1, -0.05) is 6.07 Å². The summed E-state index contributed by atoms with van der Waals surface area (Å²) in [5, 5.41) is 2.75. The summed E-state index contributed by atoms with van der Waals surface area (Å²) in [5.41, 5.74) is 4.86. The molecule has 0 saturated heterocycles. The first kappa shape index (κ1) is 20.7. The van der Waals surface area contributed by atoms with Gasteiger partial charge in [0.1, 0.15) is 5.75 Å². The fourth-order valence-corrected chi connectivity index (χ4v) is 3.44. The van der Waals surface area contributed by atoms with Gasteiger partial charge in [-0.25, -0.2) is 4.79 Å². The van der Waals surface area contributed by atoms with E-state index in [-0.39, 0.29) is 0 Å². The fourth-order valence-electron chi connectivity index (χ4n) is 3.44. The molecule has 1 saturated carbocycles. The van der Waals surface area contributed by atoms with E-state index in [1.165, 1.54) is 31.7 Å². The van der Waals surface area contributed by atoms with E-state index in [1.807, 2.05) is 13.0 Å². The van der Waals surface area contributed by atoms with Crippen molar-refractivity contribution >= 4 is 23.6 Å². The lowest BCUT2D eigenvalue weighted by atomic mass is 10.2. The molecule has 3 rings (SSSR count). The molecule has 0 unspecified atom stereocenters. The summed E-state index contributed by atoms with van der Waals surface area (Å²) in [5.74, 6) is -0.420. The van der Waals surface area contributed by atoms with Crippen LogP contribution in [0.4, 0.5) is 5.69 Å². The average molecular weight is 396 g/mol. The number of nitrogens with one attached hydrogen (secondary N) is 1. The van der Waals surface area contributed by atoms with Gasteiger partial charge in [0.2, 0.25) is 0 Å². The Morgan fingerprint density at radius 2 is 1.93 bits per heavy atom. The molecule has 1 N–H and O–H groups in total. The van der Waals surface area contributed by atoms with Crippen LogP contribution in [0.1, 0.15) is 48.3 Å². The van der Waals surface area contributed by atoms with Gasteiger partial charge in [-0.2, -0.15) is 0 Å². The third kappa shape index (κ3) is 4.88. The standard InChI is InChI=1S/C23H28N2O4/c1-14-6-10-21(28-5)20(12-14)24-23(27)17(4)29-22(26)11-7-18-13-15(2)25(16(18)3)19-8-9-19/h6-7,10-13,17,19H,8-9H2,1-5H3,(H,24,27)/b11-7+/t17-/m0/s1. The van der Waals surface area contributed by atoms with E-state index in [1.54, 1.807) is 25.1 Å². The van der Waals surface area contributed by atoms with E-state index in [9.17, 15) is 9.59 Å². The number of esters is 1. The van der Waals surface area contributed by atoms with Crippen LogP contribution in [0.15, 0.2) is 30.3 Å². The van der Waals surface area contributed by atoms with Crippen molar-refractivity contribution in [2.45, 2.75) is 52.7 Å². The first-order valence-electron chi connectivity index (χ1n) is 9.82. The Labute approximate surface area is 171 Å². The number of methoxy groups -OCH3 is 1. The van der Waals surface area contributed by atoms with Crippen LogP contribution in [0, 0.1) is 20.8 Å². The van der Waals surface area contributed by atoms with E-state index >= 15 is 0 Å². The maximum atomic E-state index is 12.4.